The summed E-state index contributed by atoms with van der Waals surface area (Å²) in [6.07, 6.45) is 0. The zero-order valence-corrected chi connectivity index (χ0v) is 22.8. The molecule has 2 aliphatic rings. The Morgan fingerprint density at radius 3 is 1.74 bits per heavy atom. The van der Waals surface area contributed by atoms with Crippen LogP contribution in [-0.2, 0) is 5.41 Å². The van der Waals surface area contributed by atoms with E-state index in [-0.39, 0.29) is 5.41 Å². The maximum Gasteiger partial charge on any atom is 0.135 e. The highest BCUT2D eigenvalue weighted by molar-refractivity contribution is 6.11. The molecule has 0 fully saturated rings. The van der Waals surface area contributed by atoms with E-state index in [0.29, 0.717) is 0 Å². The maximum atomic E-state index is 6.22. The van der Waals surface area contributed by atoms with Crippen LogP contribution in [-0.4, -0.2) is 0 Å². The van der Waals surface area contributed by atoms with Gasteiger partial charge in [0.2, 0.25) is 0 Å². The van der Waals surface area contributed by atoms with E-state index < -0.39 is 0 Å². The van der Waals surface area contributed by atoms with Gasteiger partial charge in [0.15, 0.2) is 0 Å². The van der Waals surface area contributed by atoms with Crippen molar-refractivity contribution in [3.8, 4) is 33.4 Å². The highest BCUT2D eigenvalue weighted by Crippen LogP contribution is 2.65. The molecule has 194 valence electrons. The van der Waals surface area contributed by atoms with E-state index in [1.165, 1.54) is 66.4 Å². The second kappa shape index (κ2) is 7.87. The largest absolute Gasteiger partial charge is 0.456 e. The number of furan rings is 1. The normalized spacial score (nSPS) is 13.9. The molecule has 0 saturated heterocycles. The molecule has 0 aliphatic heterocycles. The van der Waals surface area contributed by atoms with Gasteiger partial charge < -0.3 is 4.42 Å². The topological polar surface area (TPSA) is 13.1 Å². The third kappa shape index (κ3) is 2.60. The van der Waals surface area contributed by atoms with E-state index in [1.54, 1.807) is 0 Å². The minimum Gasteiger partial charge on any atom is -0.456 e. The van der Waals surface area contributed by atoms with E-state index in [0.717, 1.165) is 21.9 Å². The quantitative estimate of drug-likeness (QED) is 0.205. The van der Waals surface area contributed by atoms with Gasteiger partial charge in [0.05, 0.1) is 5.41 Å². The molecule has 0 N–H and O–H groups in total. The number of rotatable bonds is 1. The van der Waals surface area contributed by atoms with Gasteiger partial charge >= 0.3 is 0 Å². The van der Waals surface area contributed by atoms with Crippen molar-refractivity contribution >= 4 is 32.7 Å². The van der Waals surface area contributed by atoms with Gasteiger partial charge in [-0.2, -0.15) is 0 Å². The van der Waals surface area contributed by atoms with Crippen molar-refractivity contribution in [2.75, 3.05) is 0 Å². The molecule has 0 saturated carbocycles. The molecule has 1 spiro atoms. The second-order valence-electron chi connectivity index (χ2n) is 11.6. The zero-order chi connectivity index (χ0) is 27.4. The fraction of sp³-hybridized carbons (Fsp3) is 0.0244. The molecule has 2 aliphatic carbocycles. The van der Waals surface area contributed by atoms with Crippen LogP contribution in [0.25, 0.3) is 66.1 Å². The summed E-state index contributed by atoms with van der Waals surface area (Å²) in [5.41, 5.74) is 14.8. The van der Waals surface area contributed by atoms with Gasteiger partial charge in [0.25, 0.3) is 0 Å². The summed E-state index contributed by atoms with van der Waals surface area (Å²) >= 11 is 0. The van der Waals surface area contributed by atoms with Gasteiger partial charge in [-0.3, -0.25) is 0 Å². The lowest BCUT2D eigenvalue weighted by atomic mass is 9.69. The maximum absolute atomic E-state index is 6.22. The van der Waals surface area contributed by atoms with Gasteiger partial charge in [-0.25, -0.2) is 0 Å². The lowest BCUT2D eigenvalue weighted by Gasteiger charge is -2.31. The summed E-state index contributed by atoms with van der Waals surface area (Å²) in [6, 6.07) is 53.6. The van der Waals surface area contributed by atoms with E-state index in [1.807, 2.05) is 6.07 Å². The van der Waals surface area contributed by atoms with Gasteiger partial charge in [0, 0.05) is 10.8 Å². The highest BCUT2D eigenvalue weighted by Gasteiger charge is 2.52. The average molecular weight is 533 g/mol. The molecule has 1 heteroatoms. The molecule has 7 aromatic carbocycles. The van der Waals surface area contributed by atoms with Crippen molar-refractivity contribution < 1.29 is 4.42 Å². The predicted octanol–water partition coefficient (Wildman–Crippen LogP) is 10.7. The van der Waals surface area contributed by atoms with Crippen molar-refractivity contribution in [2.24, 2.45) is 0 Å². The number of fused-ring (bicyclic) bond motifs is 15. The minimum absolute atomic E-state index is 0.388. The van der Waals surface area contributed by atoms with Crippen molar-refractivity contribution in [1.29, 1.82) is 0 Å². The fourth-order valence-electron chi connectivity index (χ4n) is 8.10. The van der Waals surface area contributed by atoms with E-state index in [2.05, 4.69) is 140 Å². The van der Waals surface area contributed by atoms with E-state index in [4.69, 9.17) is 4.42 Å². The minimum atomic E-state index is -0.388. The molecule has 10 rings (SSSR count). The summed E-state index contributed by atoms with van der Waals surface area (Å²) in [4.78, 5) is 0. The van der Waals surface area contributed by atoms with Crippen molar-refractivity contribution in [3.05, 3.63) is 168 Å². The lowest BCUT2D eigenvalue weighted by molar-refractivity contribution is 0.669. The van der Waals surface area contributed by atoms with Crippen LogP contribution in [0.4, 0.5) is 0 Å². The first-order valence-electron chi connectivity index (χ1n) is 14.6. The van der Waals surface area contributed by atoms with Crippen LogP contribution in [0.2, 0.25) is 0 Å². The van der Waals surface area contributed by atoms with Crippen LogP contribution in [0.15, 0.2) is 150 Å². The van der Waals surface area contributed by atoms with Gasteiger partial charge in [0.1, 0.15) is 11.2 Å². The van der Waals surface area contributed by atoms with Crippen molar-refractivity contribution in [1.82, 2.24) is 0 Å². The van der Waals surface area contributed by atoms with Crippen LogP contribution in [0.3, 0.4) is 0 Å². The number of benzene rings is 7. The molecule has 0 amide bonds. The summed E-state index contributed by atoms with van der Waals surface area (Å²) in [7, 11) is 0. The zero-order valence-electron chi connectivity index (χ0n) is 22.8. The molecular weight excluding hydrogens is 508 g/mol. The van der Waals surface area contributed by atoms with Gasteiger partial charge in [-0.05, 0) is 90.7 Å². The fourth-order valence-corrected chi connectivity index (χ4v) is 8.10. The standard InChI is InChI=1S/C41H24O/c1-2-12-27-25(11-1)23-32(26-21-22-38-33(24-26)30-15-6-10-20-37(30)42-38)39-31-16-5-9-19-36(31)41(40(27)39)34-17-7-3-13-28(34)29-14-4-8-18-35(29)41/h1-24H. The Hall–Kier alpha value is -5.40. The summed E-state index contributed by atoms with van der Waals surface area (Å²) in [5.74, 6) is 0. The second-order valence-corrected chi connectivity index (χ2v) is 11.6. The van der Waals surface area contributed by atoms with Gasteiger partial charge in [-0.15, -0.1) is 0 Å². The predicted molar refractivity (Wildman–Crippen MR) is 173 cm³/mol. The Balaban J connectivity index is 1.40. The Morgan fingerprint density at radius 1 is 0.405 bits per heavy atom. The Bertz CT molecular complexity index is 2380. The highest BCUT2D eigenvalue weighted by atomic mass is 16.3. The first kappa shape index (κ1) is 22.3. The third-order valence-electron chi connectivity index (χ3n) is 9.66. The molecular formula is C41H24O. The third-order valence-corrected chi connectivity index (χ3v) is 9.66. The molecule has 0 bridgehead atoms. The summed E-state index contributed by atoms with van der Waals surface area (Å²) < 4.78 is 6.22. The first-order chi connectivity index (χ1) is 20.8. The Morgan fingerprint density at radius 2 is 0.976 bits per heavy atom. The first-order valence-corrected chi connectivity index (χ1v) is 14.6. The van der Waals surface area contributed by atoms with Crippen LogP contribution in [0, 0.1) is 0 Å². The average Bonchev–Trinajstić information content (AvgIpc) is 3.68. The molecule has 1 heterocycles. The van der Waals surface area contributed by atoms with Crippen LogP contribution in [0.5, 0.6) is 0 Å². The SMILES string of the molecule is c1ccc2c(c1)-c1ccccc1C21c2ccccc2-c2c(-c3ccc4oc5ccccc5c4c3)cc3ccccc3c21. The molecule has 1 aromatic heterocycles. The molecule has 8 aromatic rings. The Labute approximate surface area is 243 Å². The summed E-state index contributed by atoms with van der Waals surface area (Å²) in [6.45, 7) is 0. The van der Waals surface area contributed by atoms with Crippen LogP contribution in [0.1, 0.15) is 22.3 Å². The molecule has 0 radical (unpaired) electrons. The van der Waals surface area contributed by atoms with E-state index >= 15 is 0 Å². The van der Waals surface area contributed by atoms with Crippen LogP contribution < -0.4 is 0 Å². The Kier molecular flexibility index (Phi) is 4.18. The van der Waals surface area contributed by atoms with Gasteiger partial charge in [-0.1, -0.05) is 121 Å². The monoisotopic (exact) mass is 532 g/mol. The molecule has 1 nitrogen and oxygen atoms in total. The lowest BCUT2D eigenvalue weighted by Crippen LogP contribution is -2.26. The number of hydrogen-bond acceptors (Lipinski definition) is 1. The smallest absolute Gasteiger partial charge is 0.135 e. The summed E-state index contributed by atoms with van der Waals surface area (Å²) in [5, 5.41) is 4.89. The molecule has 0 unspecified atom stereocenters. The van der Waals surface area contributed by atoms with E-state index in [9.17, 15) is 0 Å². The van der Waals surface area contributed by atoms with Crippen molar-refractivity contribution in [2.45, 2.75) is 5.41 Å². The number of para-hydroxylation sites is 1. The molecule has 0 atom stereocenters. The molecule has 42 heavy (non-hydrogen) atoms. The van der Waals surface area contributed by atoms with Crippen molar-refractivity contribution in [3.63, 3.8) is 0 Å². The number of hydrogen-bond donors (Lipinski definition) is 0. The van der Waals surface area contributed by atoms with Crippen LogP contribution >= 0.6 is 0 Å².